The summed E-state index contributed by atoms with van der Waals surface area (Å²) in [5.41, 5.74) is 1.38. The zero-order chi connectivity index (χ0) is 14.2. The van der Waals surface area contributed by atoms with Crippen molar-refractivity contribution in [2.75, 3.05) is 6.54 Å². The molecule has 0 heterocycles. The van der Waals surface area contributed by atoms with Crippen molar-refractivity contribution in [1.29, 1.82) is 0 Å². The maximum atomic E-state index is 3.57. The highest BCUT2D eigenvalue weighted by Crippen LogP contribution is 2.15. The van der Waals surface area contributed by atoms with Gasteiger partial charge in [0.2, 0.25) is 0 Å². The van der Waals surface area contributed by atoms with Crippen LogP contribution in [-0.4, -0.2) is 6.54 Å². The van der Waals surface area contributed by atoms with Gasteiger partial charge in [0.1, 0.15) is 0 Å². The van der Waals surface area contributed by atoms with Gasteiger partial charge in [0.15, 0.2) is 0 Å². The molecule has 0 fully saturated rings. The summed E-state index contributed by atoms with van der Waals surface area (Å²) in [5.74, 6) is 0.846. The topological polar surface area (TPSA) is 12.0 Å². The van der Waals surface area contributed by atoms with Crippen LogP contribution in [0.1, 0.15) is 45.1 Å². The molecule has 1 N–H and O–H groups in total. The van der Waals surface area contributed by atoms with E-state index in [0.29, 0.717) is 0 Å². The van der Waals surface area contributed by atoms with Crippen molar-refractivity contribution in [2.24, 2.45) is 5.92 Å². The molecule has 2 rings (SSSR count). The van der Waals surface area contributed by atoms with Crippen LogP contribution in [0.25, 0.3) is 10.8 Å². The third-order valence-electron chi connectivity index (χ3n) is 4.01. The Kier molecular flexibility index (Phi) is 6.07. The molecule has 0 saturated heterocycles. The molecule has 1 heteroatoms. The third kappa shape index (κ3) is 4.64. The van der Waals surface area contributed by atoms with E-state index < -0.39 is 0 Å². The Morgan fingerprint density at radius 1 is 1.00 bits per heavy atom. The van der Waals surface area contributed by atoms with Gasteiger partial charge < -0.3 is 5.32 Å². The number of hydrogen-bond acceptors (Lipinski definition) is 1. The summed E-state index contributed by atoms with van der Waals surface area (Å²) in [6.07, 6.45) is 5.34. The first-order valence-corrected chi connectivity index (χ1v) is 7.98. The third-order valence-corrected chi connectivity index (χ3v) is 4.01. The highest BCUT2D eigenvalue weighted by molar-refractivity contribution is 5.82. The lowest BCUT2D eigenvalue weighted by atomic mass is 10.0. The fourth-order valence-corrected chi connectivity index (χ4v) is 2.63. The van der Waals surface area contributed by atoms with Gasteiger partial charge in [-0.3, -0.25) is 0 Å². The van der Waals surface area contributed by atoms with E-state index in [1.165, 1.54) is 42.0 Å². The number of nitrogens with one attached hydrogen (secondary N) is 1. The molecule has 0 saturated carbocycles. The van der Waals surface area contributed by atoms with Gasteiger partial charge in [-0.1, -0.05) is 69.5 Å². The smallest absolute Gasteiger partial charge is 0.0205 e. The molecule has 1 nitrogen and oxygen atoms in total. The summed E-state index contributed by atoms with van der Waals surface area (Å²) >= 11 is 0. The van der Waals surface area contributed by atoms with Crippen LogP contribution in [0.4, 0.5) is 0 Å². The van der Waals surface area contributed by atoms with Crippen molar-refractivity contribution < 1.29 is 0 Å². The average molecular weight is 269 g/mol. The number of unbranched alkanes of at least 4 members (excludes halogenated alkanes) is 1. The quantitative estimate of drug-likeness (QED) is 0.654. The fraction of sp³-hybridized carbons (Fsp3) is 0.474. The van der Waals surface area contributed by atoms with Crippen LogP contribution in [-0.2, 0) is 6.54 Å². The molecule has 1 unspecified atom stereocenters. The van der Waals surface area contributed by atoms with Crippen LogP contribution in [0.3, 0.4) is 0 Å². The Balaban J connectivity index is 1.75. The second-order valence-corrected chi connectivity index (χ2v) is 5.89. The Labute approximate surface area is 123 Å². The van der Waals surface area contributed by atoms with Gasteiger partial charge in [0, 0.05) is 6.54 Å². The van der Waals surface area contributed by atoms with E-state index >= 15 is 0 Å². The largest absolute Gasteiger partial charge is 0.313 e. The number of rotatable bonds is 8. The van der Waals surface area contributed by atoms with Crippen molar-refractivity contribution in [3.05, 3.63) is 48.0 Å². The molecule has 0 spiro atoms. The van der Waals surface area contributed by atoms with Gasteiger partial charge in [-0.25, -0.2) is 0 Å². The van der Waals surface area contributed by atoms with Crippen LogP contribution in [0.2, 0.25) is 0 Å². The molecule has 108 valence electrons. The molecule has 0 aliphatic heterocycles. The van der Waals surface area contributed by atoms with Gasteiger partial charge in [0.25, 0.3) is 0 Å². The van der Waals surface area contributed by atoms with E-state index in [4.69, 9.17) is 0 Å². The SMILES string of the molecule is CCCCC(C)CCNCc1ccc2ccccc2c1. The number of hydrogen-bond donors (Lipinski definition) is 1. The number of fused-ring (bicyclic) bond motifs is 1. The van der Waals surface area contributed by atoms with Gasteiger partial charge >= 0.3 is 0 Å². The molecule has 0 bridgehead atoms. The maximum Gasteiger partial charge on any atom is 0.0205 e. The maximum absolute atomic E-state index is 3.57. The van der Waals surface area contributed by atoms with Gasteiger partial charge in [-0.15, -0.1) is 0 Å². The summed E-state index contributed by atoms with van der Waals surface area (Å²) in [6.45, 7) is 6.74. The van der Waals surface area contributed by atoms with Crippen LogP contribution < -0.4 is 5.32 Å². The van der Waals surface area contributed by atoms with E-state index in [-0.39, 0.29) is 0 Å². The molecule has 0 amide bonds. The van der Waals surface area contributed by atoms with Crippen molar-refractivity contribution in [3.63, 3.8) is 0 Å². The molecule has 20 heavy (non-hydrogen) atoms. The normalized spacial score (nSPS) is 12.7. The molecule has 2 aromatic rings. The van der Waals surface area contributed by atoms with Crippen molar-refractivity contribution in [3.8, 4) is 0 Å². The summed E-state index contributed by atoms with van der Waals surface area (Å²) in [7, 11) is 0. The van der Waals surface area contributed by atoms with Crippen LogP contribution in [0, 0.1) is 5.92 Å². The predicted octanol–water partition coefficient (Wildman–Crippen LogP) is 5.15. The molecular formula is C19H27N. The van der Waals surface area contributed by atoms with Gasteiger partial charge in [0.05, 0.1) is 0 Å². The minimum atomic E-state index is 0.846. The minimum absolute atomic E-state index is 0.846. The second kappa shape index (κ2) is 8.06. The first-order valence-electron chi connectivity index (χ1n) is 7.98. The average Bonchev–Trinajstić information content (AvgIpc) is 2.49. The van der Waals surface area contributed by atoms with Gasteiger partial charge in [-0.05, 0) is 41.3 Å². The van der Waals surface area contributed by atoms with E-state index in [9.17, 15) is 0 Å². The molecule has 1 atom stereocenters. The van der Waals surface area contributed by atoms with Crippen molar-refractivity contribution >= 4 is 10.8 Å². The highest BCUT2D eigenvalue weighted by atomic mass is 14.8. The lowest BCUT2D eigenvalue weighted by Crippen LogP contribution is -2.17. The minimum Gasteiger partial charge on any atom is -0.313 e. The lowest BCUT2D eigenvalue weighted by Gasteiger charge is -2.11. The van der Waals surface area contributed by atoms with Crippen LogP contribution >= 0.6 is 0 Å². The summed E-state index contributed by atoms with van der Waals surface area (Å²) < 4.78 is 0. The van der Waals surface area contributed by atoms with E-state index in [2.05, 4.69) is 61.6 Å². The van der Waals surface area contributed by atoms with E-state index in [0.717, 1.165) is 19.0 Å². The highest BCUT2D eigenvalue weighted by Gasteiger charge is 2.01. The molecule has 2 aromatic carbocycles. The zero-order valence-corrected chi connectivity index (χ0v) is 12.9. The standard InChI is InChI=1S/C19H27N/c1-3-4-7-16(2)12-13-20-15-17-10-11-18-8-5-6-9-19(18)14-17/h5-6,8-11,14,16,20H,3-4,7,12-13,15H2,1-2H3. The lowest BCUT2D eigenvalue weighted by molar-refractivity contribution is 0.453. The molecule has 0 aliphatic carbocycles. The Hall–Kier alpha value is -1.34. The van der Waals surface area contributed by atoms with Gasteiger partial charge in [-0.2, -0.15) is 0 Å². The Bertz CT molecular complexity index is 518. The number of benzene rings is 2. The van der Waals surface area contributed by atoms with E-state index in [1.807, 2.05) is 0 Å². The van der Waals surface area contributed by atoms with Crippen molar-refractivity contribution in [1.82, 2.24) is 5.32 Å². The monoisotopic (exact) mass is 269 g/mol. The van der Waals surface area contributed by atoms with E-state index in [1.54, 1.807) is 0 Å². The van der Waals surface area contributed by atoms with Crippen LogP contribution in [0.15, 0.2) is 42.5 Å². The summed E-state index contributed by atoms with van der Waals surface area (Å²) in [5, 5.41) is 6.23. The first kappa shape index (κ1) is 15.1. The Morgan fingerprint density at radius 2 is 1.80 bits per heavy atom. The fourth-order valence-electron chi connectivity index (χ4n) is 2.63. The summed E-state index contributed by atoms with van der Waals surface area (Å²) in [4.78, 5) is 0. The predicted molar refractivity (Wildman–Crippen MR) is 89.0 cm³/mol. The molecule has 0 aromatic heterocycles. The Morgan fingerprint density at radius 3 is 2.60 bits per heavy atom. The zero-order valence-electron chi connectivity index (χ0n) is 12.9. The first-order chi connectivity index (χ1) is 9.79. The second-order valence-electron chi connectivity index (χ2n) is 5.89. The summed E-state index contributed by atoms with van der Waals surface area (Å²) in [6, 6.07) is 15.3. The molecule has 0 radical (unpaired) electrons. The van der Waals surface area contributed by atoms with Crippen molar-refractivity contribution in [2.45, 2.75) is 46.1 Å². The van der Waals surface area contributed by atoms with Crippen LogP contribution in [0.5, 0.6) is 0 Å². The molecular weight excluding hydrogens is 242 g/mol. The molecule has 0 aliphatic rings.